The van der Waals surface area contributed by atoms with Gasteiger partial charge in [0.2, 0.25) is 0 Å². The fourth-order valence-corrected chi connectivity index (χ4v) is 2.23. The van der Waals surface area contributed by atoms with Gasteiger partial charge in [0.1, 0.15) is 0 Å². The number of piperidine rings is 1. The molecule has 1 aromatic heterocycles. The van der Waals surface area contributed by atoms with Gasteiger partial charge in [-0.15, -0.1) is 0 Å². The van der Waals surface area contributed by atoms with Crippen molar-refractivity contribution in [2.75, 3.05) is 25.9 Å². The highest BCUT2D eigenvalue weighted by Crippen LogP contribution is 2.31. The molecule has 4 heteroatoms. The smallest absolute Gasteiger partial charge is 0.0888 e. The van der Waals surface area contributed by atoms with Gasteiger partial charge < -0.3 is 10.6 Å². The van der Waals surface area contributed by atoms with Gasteiger partial charge in [-0.05, 0) is 39.9 Å². The van der Waals surface area contributed by atoms with Gasteiger partial charge in [-0.25, -0.2) is 0 Å². The summed E-state index contributed by atoms with van der Waals surface area (Å²) in [6.45, 7) is 4.33. The summed E-state index contributed by atoms with van der Waals surface area (Å²) in [6, 6.07) is 0. The molecule has 0 aromatic carbocycles. The topological polar surface area (TPSA) is 47.1 Å². The van der Waals surface area contributed by atoms with Gasteiger partial charge >= 0.3 is 0 Å². The molecule has 2 heterocycles. The molecule has 0 radical (unpaired) electrons. The van der Waals surface area contributed by atoms with E-state index in [0.717, 1.165) is 30.2 Å². The van der Waals surface area contributed by atoms with Crippen LogP contribution in [0, 0.1) is 6.92 Å². The van der Waals surface area contributed by atoms with Crippen molar-refractivity contribution in [2.24, 2.45) is 7.05 Å². The van der Waals surface area contributed by atoms with Gasteiger partial charge in [0.05, 0.1) is 17.1 Å². The highest BCUT2D eigenvalue weighted by molar-refractivity contribution is 5.49. The summed E-state index contributed by atoms with van der Waals surface area (Å²) >= 11 is 0. The molecule has 2 N–H and O–H groups in total. The number of hydrogen-bond acceptors (Lipinski definition) is 3. The van der Waals surface area contributed by atoms with Gasteiger partial charge in [0, 0.05) is 13.0 Å². The Morgan fingerprint density at radius 2 is 1.87 bits per heavy atom. The molecule has 1 aliphatic heterocycles. The van der Waals surface area contributed by atoms with Crippen molar-refractivity contribution < 1.29 is 0 Å². The molecule has 1 aliphatic rings. The Morgan fingerprint density at radius 3 is 2.33 bits per heavy atom. The maximum absolute atomic E-state index is 6.07. The summed E-state index contributed by atoms with van der Waals surface area (Å²) in [6.07, 6.45) is 2.36. The van der Waals surface area contributed by atoms with Crippen LogP contribution in [0.2, 0.25) is 0 Å². The molecule has 1 saturated heterocycles. The van der Waals surface area contributed by atoms with Gasteiger partial charge in [0.15, 0.2) is 0 Å². The Bertz CT molecular complexity index is 348. The van der Waals surface area contributed by atoms with E-state index in [9.17, 15) is 0 Å². The van der Waals surface area contributed by atoms with E-state index in [1.165, 1.54) is 12.8 Å². The van der Waals surface area contributed by atoms with E-state index < -0.39 is 0 Å². The van der Waals surface area contributed by atoms with Crippen LogP contribution >= 0.6 is 0 Å². The van der Waals surface area contributed by atoms with Crippen molar-refractivity contribution in [1.82, 2.24) is 14.7 Å². The molecule has 0 amide bonds. The lowest BCUT2D eigenvalue weighted by molar-refractivity contribution is 0.253. The van der Waals surface area contributed by atoms with E-state index in [0.29, 0.717) is 5.92 Å². The molecule has 84 valence electrons. The monoisotopic (exact) mass is 208 g/mol. The normalized spacial score (nSPS) is 19.7. The van der Waals surface area contributed by atoms with Crippen LogP contribution in [0.25, 0.3) is 0 Å². The van der Waals surface area contributed by atoms with Crippen LogP contribution in [0.4, 0.5) is 5.69 Å². The minimum absolute atomic E-state index is 0.557. The molecule has 4 nitrogen and oxygen atoms in total. The Hall–Kier alpha value is -1.03. The average molecular weight is 208 g/mol. The number of likely N-dealkylation sites (tertiary alicyclic amines) is 1. The Morgan fingerprint density at radius 1 is 1.27 bits per heavy atom. The standard InChI is InChI=1S/C11H20N4/c1-8-10(12)11(13-15(8)3)9-4-6-14(2)7-5-9/h9H,4-7,12H2,1-3H3. The van der Waals surface area contributed by atoms with E-state index in [2.05, 4.69) is 17.0 Å². The molecule has 0 atom stereocenters. The lowest BCUT2D eigenvalue weighted by Gasteiger charge is -2.28. The molecule has 0 saturated carbocycles. The van der Waals surface area contributed by atoms with E-state index in [4.69, 9.17) is 5.73 Å². The summed E-state index contributed by atoms with van der Waals surface area (Å²) in [4.78, 5) is 2.36. The molecule has 15 heavy (non-hydrogen) atoms. The third-order valence-electron chi connectivity index (χ3n) is 3.51. The molecular formula is C11H20N4. The second kappa shape index (κ2) is 3.85. The largest absolute Gasteiger partial charge is 0.396 e. The number of nitrogen functional groups attached to an aromatic ring is 1. The van der Waals surface area contributed by atoms with Crippen LogP contribution in [0.15, 0.2) is 0 Å². The fourth-order valence-electron chi connectivity index (χ4n) is 2.23. The zero-order valence-electron chi connectivity index (χ0n) is 9.82. The first kappa shape index (κ1) is 10.5. The van der Waals surface area contributed by atoms with Crippen LogP contribution in [0.3, 0.4) is 0 Å². The highest BCUT2D eigenvalue weighted by Gasteiger charge is 2.23. The van der Waals surface area contributed by atoms with Gasteiger partial charge in [-0.2, -0.15) is 5.10 Å². The van der Waals surface area contributed by atoms with Crippen LogP contribution < -0.4 is 5.73 Å². The van der Waals surface area contributed by atoms with Gasteiger partial charge in [-0.3, -0.25) is 4.68 Å². The van der Waals surface area contributed by atoms with E-state index >= 15 is 0 Å². The number of anilines is 1. The zero-order valence-corrected chi connectivity index (χ0v) is 9.82. The van der Waals surface area contributed by atoms with Crippen molar-refractivity contribution in [3.63, 3.8) is 0 Å². The first-order chi connectivity index (χ1) is 7.09. The Balaban J connectivity index is 2.19. The molecule has 0 bridgehead atoms. The number of nitrogens with zero attached hydrogens (tertiary/aromatic N) is 3. The summed E-state index contributed by atoms with van der Waals surface area (Å²) in [5.41, 5.74) is 9.17. The molecule has 1 aromatic rings. The quantitative estimate of drug-likeness (QED) is 0.752. The number of hydrogen-bond donors (Lipinski definition) is 1. The summed E-state index contributed by atoms with van der Waals surface area (Å²) < 4.78 is 1.89. The summed E-state index contributed by atoms with van der Waals surface area (Å²) in [5, 5.41) is 4.53. The third kappa shape index (κ3) is 1.86. The van der Waals surface area contributed by atoms with Crippen LogP contribution in [-0.2, 0) is 7.05 Å². The maximum atomic E-state index is 6.07. The number of rotatable bonds is 1. The fraction of sp³-hybridized carbons (Fsp3) is 0.727. The van der Waals surface area contributed by atoms with E-state index in [1.54, 1.807) is 0 Å². The predicted molar refractivity (Wildman–Crippen MR) is 61.8 cm³/mol. The summed E-state index contributed by atoms with van der Waals surface area (Å²) in [7, 11) is 4.13. The van der Waals surface area contributed by atoms with Crippen LogP contribution in [0.1, 0.15) is 30.1 Å². The molecule has 0 spiro atoms. The van der Waals surface area contributed by atoms with Crippen molar-refractivity contribution in [3.8, 4) is 0 Å². The third-order valence-corrected chi connectivity index (χ3v) is 3.51. The van der Waals surface area contributed by atoms with Crippen molar-refractivity contribution in [2.45, 2.75) is 25.7 Å². The van der Waals surface area contributed by atoms with Crippen LogP contribution in [0.5, 0.6) is 0 Å². The van der Waals surface area contributed by atoms with E-state index in [-0.39, 0.29) is 0 Å². The zero-order chi connectivity index (χ0) is 11.0. The lowest BCUT2D eigenvalue weighted by atomic mass is 9.93. The lowest BCUT2D eigenvalue weighted by Crippen LogP contribution is -2.29. The SMILES string of the molecule is Cc1c(N)c(C2CCN(C)CC2)nn1C. The Labute approximate surface area is 91.1 Å². The van der Waals surface area contributed by atoms with Crippen molar-refractivity contribution in [3.05, 3.63) is 11.4 Å². The minimum Gasteiger partial charge on any atom is -0.396 e. The number of nitrogens with two attached hydrogens (primary N) is 1. The predicted octanol–water partition coefficient (Wildman–Crippen LogP) is 1.12. The Kier molecular flexibility index (Phi) is 2.69. The maximum Gasteiger partial charge on any atom is 0.0888 e. The molecule has 0 unspecified atom stereocenters. The van der Waals surface area contributed by atoms with Crippen molar-refractivity contribution >= 4 is 5.69 Å². The molecule has 1 fully saturated rings. The first-order valence-electron chi connectivity index (χ1n) is 5.57. The molecule has 0 aliphatic carbocycles. The van der Waals surface area contributed by atoms with Crippen LogP contribution in [-0.4, -0.2) is 34.8 Å². The second-order valence-corrected chi connectivity index (χ2v) is 4.59. The minimum atomic E-state index is 0.557. The van der Waals surface area contributed by atoms with E-state index in [1.807, 2.05) is 18.7 Å². The van der Waals surface area contributed by atoms with Gasteiger partial charge in [-0.1, -0.05) is 0 Å². The van der Waals surface area contributed by atoms with Gasteiger partial charge in [0.25, 0.3) is 0 Å². The first-order valence-corrected chi connectivity index (χ1v) is 5.57. The number of aryl methyl sites for hydroxylation is 1. The molecular weight excluding hydrogens is 188 g/mol. The average Bonchev–Trinajstić information content (AvgIpc) is 2.47. The highest BCUT2D eigenvalue weighted by atomic mass is 15.3. The van der Waals surface area contributed by atoms with Crippen molar-refractivity contribution in [1.29, 1.82) is 0 Å². The molecule has 2 rings (SSSR count). The number of aromatic nitrogens is 2. The second-order valence-electron chi connectivity index (χ2n) is 4.59. The summed E-state index contributed by atoms with van der Waals surface area (Å²) in [5.74, 6) is 0.557.